The molecule has 5 nitrogen and oxygen atoms in total. The maximum absolute atomic E-state index is 12.2. The Labute approximate surface area is 116 Å². The highest BCUT2D eigenvalue weighted by molar-refractivity contribution is 5.78. The van der Waals surface area contributed by atoms with Crippen LogP contribution >= 0.6 is 0 Å². The van der Waals surface area contributed by atoms with E-state index in [1.54, 1.807) is 0 Å². The van der Waals surface area contributed by atoms with Crippen LogP contribution in [-0.4, -0.2) is 86.1 Å². The minimum atomic E-state index is 0.304. The minimum Gasteiger partial charge on any atom is -0.339 e. The van der Waals surface area contributed by atoms with Gasteiger partial charge < -0.3 is 15.1 Å². The molecule has 0 unspecified atom stereocenters. The van der Waals surface area contributed by atoms with Crippen molar-refractivity contribution >= 4 is 5.91 Å². The summed E-state index contributed by atoms with van der Waals surface area (Å²) in [6, 6.07) is 0. The molecule has 2 saturated heterocycles. The van der Waals surface area contributed by atoms with Gasteiger partial charge in [-0.2, -0.15) is 0 Å². The Kier molecular flexibility index (Phi) is 5.60. The van der Waals surface area contributed by atoms with Crippen LogP contribution < -0.4 is 5.32 Å². The van der Waals surface area contributed by atoms with Crippen molar-refractivity contribution in [3.63, 3.8) is 0 Å². The molecular formula is C14H28N4O. The number of piperazine rings is 2. The van der Waals surface area contributed by atoms with Gasteiger partial charge in [-0.25, -0.2) is 0 Å². The lowest BCUT2D eigenvalue weighted by Gasteiger charge is -2.36. The second-order valence-corrected chi connectivity index (χ2v) is 6.10. The average molecular weight is 268 g/mol. The molecule has 2 aliphatic heterocycles. The predicted molar refractivity (Wildman–Crippen MR) is 77.2 cm³/mol. The van der Waals surface area contributed by atoms with E-state index < -0.39 is 0 Å². The van der Waals surface area contributed by atoms with E-state index in [-0.39, 0.29) is 0 Å². The van der Waals surface area contributed by atoms with Gasteiger partial charge in [0, 0.05) is 58.9 Å². The van der Waals surface area contributed by atoms with E-state index in [9.17, 15) is 4.79 Å². The zero-order chi connectivity index (χ0) is 13.7. The Hall–Kier alpha value is -0.650. The van der Waals surface area contributed by atoms with Crippen molar-refractivity contribution in [2.45, 2.75) is 13.8 Å². The molecule has 0 bridgehead atoms. The summed E-state index contributed by atoms with van der Waals surface area (Å²) in [7, 11) is 0. The number of hydrogen-bond donors (Lipinski definition) is 1. The van der Waals surface area contributed by atoms with Crippen molar-refractivity contribution in [1.29, 1.82) is 0 Å². The summed E-state index contributed by atoms with van der Waals surface area (Å²) in [4.78, 5) is 19.0. The van der Waals surface area contributed by atoms with E-state index in [4.69, 9.17) is 0 Å². The first-order chi connectivity index (χ1) is 9.15. The van der Waals surface area contributed by atoms with Crippen LogP contribution in [0.1, 0.15) is 13.8 Å². The summed E-state index contributed by atoms with van der Waals surface area (Å²) in [6.07, 6.45) is 0. The first-order valence-electron chi connectivity index (χ1n) is 7.58. The molecule has 0 aliphatic carbocycles. The van der Waals surface area contributed by atoms with E-state index in [0.717, 1.165) is 58.3 Å². The Balaban J connectivity index is 1.68. The van der Waals surface area contributed by atoms with Crippen molar-refractivity contribution in [2.24, 2.45) is 5.92 Å². The highest BCUT2D eigenvalue weighted by atomic mass is 16.2. The fourth-order valence-electron chi connectivity index (χ4n) is 2.85. The summed E-state index contributed by atoms with van der Waals surface area (Å²) in [5.41, 5.74) is 0. The Morgan fingerprint density at radius 3 is 2.16 bits per heavy atom. The van der Waals surface area contributed by atoms with Gasteiger partial charge in [-0.1, -0.05) is 13.8 Å². The molecule has 0 aromatic heterocycles. The van der Waals surface area contributed by atoms with Gasteiger partial charge in [0.2, 0.25) is 5.91 Å². The van der Waals surface area contributed by atoms with Crippen LogP contribution in [0.25, 0.3) is 0 Å². The largest absolute Gasteiger partial charge is 0.339 e. The molecule has 0 saturated carbocycles. The van der Waals surface area contributed by atoms with Gasteiger partial charge in [-0.15, -0.1) is 0 Å². The monoisotopic (exact) mass is 268 g/mol. The molecule has 2 fully saturated rings. The van der Waals surface area contributed by atoms with Crippen LogP contribution in [0.15, 0.2) is 0 Å². The smallest absolute Gasteiger partial charge is 0.236 e. The van der Waals surface area contributed by atoms with Crippen LogP contribution in [0, 0.1) is 5.92 Å². The standard InChI is InChI=1S/C14H28N4O/c1-13(2)11-16-7-9-17(10-8-16)12-14(19)18-5-3-15-4-6-18/h13,15H,3-12H2,1-2H3. The van der Waals surface area contributed by atoms with Gasteiger partial charge in [-0.3, -0.25) is 9.69 Å². The van der Waals surface area contributed by atoms with Gasteiger partial charge in [0.05, 0.1) is 6.54 Å². The fraction of sp³-hybridized carbons (Fsp3) is 0.929. The molecular weight excluding hydrogens is 240 g/mol. The van der Waals surface area contributed by atoms with Crippen LogP contribution in [0.4, 0.5) is 0 Å². The molecule has 2 aliphatic rings. The number of nitrogens with one attached hydrogen (secondary N) is 1. The fourth-order valence-corrected chi connectivity index (χ4v) is 2.85. The summed E-state index contributed by atoms with van der Waals surface area (Å²) in [6.45, 7) is 14.2. The molecule has 2 heterocycles. The number of nitrogens with zero attached hydrogens (tertiary/aromatic N) is 3. The van der Waals surface area contributed by atoms with Crippen LogP contribution in [-0.2, 0) is 4.79 Å². The van der Waals surface area contributed by atoms with Gasteiger partial charge in [0.25, 0.3) is 0 Å². The molecule has 1 amide bonds. The molecule has 0 radical (unpaired) electrons. The molecule has 5 heteroatoms. The zero-order valence-electron chi connectivity index (χ0n) is 12.4. The maximum atomic E-state index is 12.2. The number of rotatable bonds is 4. The zero-order valence-corrected chi connectivity index (χ0v) is 12.4. The molecule has 0 spiro atoms. The summed E-state index contributed by atoms with van der Waals surface area (Å²) < 4.78 is 0. The second-order valence-electron chi connectivity index (χ2n) is 6.10. The Bertz CT molecular complexity index is 281. The lowest BCUT2D eigenvalue weighted by atomic mass is 10.2. The van der Waals surface area contributed by atoms with Crippen molar-refractivity contribution < 1.29 is 4.79 Å². The molecule has 1 N–H and O–H groups in total. The normalized spacial score (nSPS) is 23.0. The van der Waals surface area contributed by atoms with Crippen molar-refractivity contribution in [3.05, 3.63) is 0 Å². The lowest BCUT2D eigenvalue weighted by Crippen LogP contribution is -2.53. The summed E-state index contributed by atoms with van der Waals surface area (Å²) >= 11 is 0. The third-order valence-corrected chi connectivity index (χ3v) is 3.92. The topological polar surface area (TPSA) is 38.8 Å². The van der Waals surface area contributed by atoms with Crippen molar-refractivity contribution in [1.82, 2.24) is 20.0 Å². The maximum Gasteiger partial charge on any atom is 0.236 e. The van der Waals surface area contributed by atoms with Gasteiger partial charge in [0.1, 0.15) is 0 Å². The summed E-state index contributed by atoms with van der Waals surface area (Å²) in [5.74, 6) is 1.04. The molecule has 0 aromatic carbocycles. The predicted octanol–water partition coefficient (Wildman–Crippen LogP) is -0.308. The summed E-state index contributed by atoms with van der Waals surface area (Å²) in [5, 5.41) is 3.28. The molecule has 0 aromatic rings. The van der Waals surface area contributed by atoms with E-state index >= 15 is 0 Å². The highest BCUT2D eigenvalue weighted by Gasteiger charge is 2.22. The SMILES string of the molecule is CC(C)CN1CCN(CC(=O)N2CCNCC2)CC1. The molecule has 110 valence electrons. The van der Waals surface area contributed by atoms with Crippen LogP contribution in [0.5, 0.6) is 0 Å². The average Bonchev–Trinajstić information content (AvgIpc) is 2.41. The Morgan fingerprint density at radius 2 is 1.58 bits per heavy atom. The molecule has 2 rings (SSSR count). The number of carbonyl (C=O) groups excluding carboxylic acids is 1. The van der Waals surface area contributed by atoms with Gasteiger partial charge in [0.15, 0.2) is 0 Å². The van der Waals surface area contributed by atoms with Gasteiger partial charge >= 0.3 is 0 Å². The molecule has 0 atom stereocenters. The van der Waals surface area contributed by atoms with Crippen LogP contribution in [0.3, 0.4) is 0 Å². The Morgan fingerprint density at radius 1 is 1.00 bits per heavy atom. The highest BCUT2D eigenvalue weighted by Crippen LogP contribution is 2.06. The van der Waals surface area contributed by atoms with E-state index in [2.05, 4.69) is 29.0 Å². The van der Waals surface area contributed by atoms with Crippen molar-refractivity contribution in [3.8, 4) is 0 Å². The van der Waals surface area contributed by atoms with E-state index in [1.165, 1.54) is 6.54 Å². The first kappa shape index (κ1) is 14.8. The number of amides is 1. The molecule has 19 heavy (non-hydrogen) atoms. The first-order valence-corrected chi connectivity index (χ1v) is 7.58. The number of carbonyl (C=O) groups is 1. The minimum absolute atomic E-state index is 0.304. The van der Waals surface area contributed by atoms with Crippen molar-refractivity contribution in [2.75, 3.05) is 65.4 Å². The van der Waals surface area contributed by atoms with Crippen LogP contribution in [0.2, 0.25) is 0 Å². The third kappa shape index (κ3) is 4.75. The number of hydrogen-bond acceptors (Lipinski definition) is 4. The van der Waals surface area contributed by atoms with E-state index in [1.807, 2.05) is 4.90 Å². The second kappa shape index (κ2) is 7.22. The lowest BCUT2D eigenvalue weighted by molar-refractivity contribution is -0.133. The third-order valence-electron chi connectivity index (χ3n) is 3.92. The quantitative estimate of drug-likeness (QED) is 0.759. The van der Waals surface area contributed by atoms with E-state index in [0.29, 0.717) is 12.5 Å². The van der Waals surface area contributed by atoms with Gasteiger partial charge in [-0.05, 0) is 5.92 Å².